The number of fused-ring (bicyclic) bond motifs is 1. The van der Waals surface area contributed by atoms with E-state index in [1.54, 1.807) is 24.6 Å². The molecule has 1 N–H and O–H groups in total. The van der Waals surface area contributed by atoms with Crippen LogP contribution in [0.15, 0.2) is 34.9 Å². The van der Waals surface area contributed by atoms with Crippen LogP contribution in [0.25, 0.3) is 10.2 Å². The first-order valence-corrected chi connectivity index (χ1v) is 7.61. The summed E-state index contributed by atoms with van der Waals surface area (Å²) in [6.45, 7) is 2.03. The number of aryl methyl sites for hydroxylation is 1. The summed E-state index contributed by atoms with van der Waals surface area (Å²) in [7, 11) is 1.66. The molecule has 0 amide bonds. The van der Waals surface area contributed by atoms with Crippen molar-refractivity contribution >= 4 is 48.4 Å². The number of hydrogen-bond donors (Lipinski definition) is 1. The molecule has 0 spiro atoms. The highest BCUT2D eigenvalue weighted by Gasteiger charge is 2.09. The molecular formula is C14H12BrN3OS. The van der Waals surface area contributed by atoms with Gasteiger partial charge in [0.1, 0.15) is 11.6 Å². The minimum absolute atomic E-state index is 0.774. The third-order valence-corrected chi connectivity index (χ3v) is 4.84. The van der Waals surface area contributed by atoms with Crippen molar-refractivity contribution in [2.75, 3.05) is 12.4 Å². The van der Waals surface area contributed by atoms with Gasteiger partial charge in [-0.2, -0.15) is 0 Å². The number of aromatic nitrogens is 2. The number of ether oxygens (including phenoxy) is 1. The lowest BCUT2D eigenvalue weighted by molar-refractivity contribution is 0.415. The van der Waals surface area contributed by atoms with Crippen molar-refractivity contribution in [3.05, 3.63) is 40.5 Å². The van der Waals surface area contributed by atoms with Crippen molar-refractivity contribution in [3.8, 4) is 5.75 Å². The molecular weight excluding hydrogens is 338 g/mol. The Balaban J connectivity index is 1.96. The van der Waals surface area contributed by atoms with Crippen LogP contribution < -0.4 is 10.1 Å². The Hall–Kier alpha value is -1.66. The summed E-state index contributed by atoms with van der Waals surface area (Å²) in [5, 5.41) is 4.06. The topological polar surface area (TPSA) is 47.0 Å². The Morgan fingerprint density at radius 1 is 1.30 bits per heavy atom. The van der Waals surface area contributed by atoms with Gasteiger partial charge in [-0.05, 0) is 52.7 Å². The minimum Gasteiger partial charge on any atom is -0.497 e. The fourth-order valence-electron chi connectivity index (χ4n) is 1.81. The molecule has 0 aliphatic rings. The van der Waals surface area contributed by atoms with Crippen LogP contribution >= 0.6 is 27.3 Å². The van der Waals surface area contributed by atoms with E-state index < -0.39 is 0 Å². The van der Waals surface area contributed by atoms with Gasteiger partial charge in [0.25, 0.3) is 0 Å². The van der Waals surface area contributed by atoms with E-state index in [2.05, 4.69) is 31.2 Å². The first-order chi connectivity index (χ1) is 9.67. The highest BCUT2D eigenvalue weighted by atomic mass is 79.9. The third kappa shape index (κ3) is 2.48. The SMILES string of the molecule is COc1ccc2nc(Nc3nccc(C)c3Br)sc2c1. The lowest BCUT2D eigenvalue weighted by Crippen LogP contribution is -1.94. The van der Waals surface area contributed by atoms with E-state index in [9.17, 15) is 0 Å². The molecule has 3 rings (SSSR count). The van der Waals surface area contributed by atoms with Gasteiger partial charge in [-0.25, -0.2) is 9.97 Å². The maximum atomic E-state index is 5.22. The van der Waals surface area contributed by atoms with Crippen LogP contribution in [0.1, 0.15) is 5.56 Å². The third-order valence-electron chi connectivity index (χ3n) is 2.90. The molecule has 20 heavy (non-hydrogen) atoms. The molecule has 0 fully saturated rings. The van der Waals surface area contributed by atoms with E-state index in [-0.39, 0.29) is 0 Å². The van der Waals surface area contributed by atoms with E-state index in [4.69, 9.17) is 4.74 Å². The van der Waals surface area contributed by atoms with Crippen molar-refractivity contribution in [1.29, 1.82) is 0 Å². The first-order valence-electron chi connectivity index (χ1n) is 6.00. The zero-order valence-electron chi connectivity index (χ0n) is 11.0. The number of methoxy groups -OCH3 is 1. The van der Waals surface area contributed by atoms with Crippen molar-refractivity contribution in [3.63, 3.8) is 0 Å². The number of rotatable bonds is 3. The Morgan fingerprint density at radius 2 is 2.15 bits per heavy atom. The van der Waals surface area contributed by atoms with Crippen LogP contribution in [0.4, 0.5) is 10.9 Å². The Morgan fingerprint density at radius 3 is 2.95 bits per heavy atom. The van der Waals surface area contributed by atoms with Gasteiger partial charge in [-0.15, -0.1) is 0 Å². The number of nitrogens with one attached hydrogen (secondary N) is 1. The van der Waals surface area contributed by atoms with Gasteiger partial charge in [0.15, 0.2) is 5.13 Å². The van der Waals surface area contributed by atoms with Crippen molar-refractivity contribution in [2.24, 2.45) is 0 Å². The molecule has 0 radical (unpaired) electrons. The summed E-state index contributed by atoms with van der Waals surface area (Å²) in [5.41, 5.74) is 2.08. The average Bonchev–Trinajstić information content (AvgIpc) is 2.85. The van der Waals surface area contributed by atoms with Crippen LogP contribution in [0, 0.1) is 6.92 Å². The lowest BCUT2D eigenvalue weighted by atomic mass is 10.3. The molecule has 2 aromatic heterocycles. The minimum atomic E-state index is 0.774. The predicted molar refractivity (Wildman–Crippen MR) is 86.1 cm³/mol. The number of nitrogens with zero attached hydrogens (tertiary/aromatic N) is 2. The molecule has 3 aromatic rings. The molecule has 2 heterocycles. The fourth-order valence-corrected chi connectivity index (χ4v) is 3.04. The van der Waals surface area contributed by atoms with Gasteiger partial charge in [-0.1, -0.05) is 11.3 Å². The van der Waals surface area contributed by atoms with Gasteiger partial charge in [-0.3, -0.25) is 0 Å². The summed E-state index contributed by atoms with van der Waals surface area (Å²) < 4.78 is 7.26. The standard InChI is InChI=1S/C14H12BrN3OS/c1-8-5-6-16-13(12(8)15)18-14-17-10-4-3-9(19-2)7-11(10)20-14/h3-7H,1-2H3,(H,16,17,18). The molecule has 0 aliphatic heterocycles. The molecule has 1 aromatic carbocycles. The molecule has 0 aliphatic carbocycles. The van der Waals surface area contributed by atoms with Crippen LogP contribution in [-0.4, -0.2) is 17.1 Å². The largest absolute Gasteiger partial charge is 0.497 e. The zero-order valence-corrected chi connectivity index (χ0v) is 13.4. The number of thiazole rings is 1. The number of halogens is 1. The average molecular weight is 350 g/mol. The van der Waals surface area contributed by atoms with E-state index in [1.807, 2.05) is 31.2 Å². The van der Waals surface area contributed by atoms with Crippen molar-refractivity contribution in [2.45, 2.75) is 6.92 Å². The van der Waals surface area contributed by atoms with Gasteiger partial charge in [0.2, 0.25) is 0 Å². The molecule has 0 saturated carbocycles. The number of hydrogen-bond acceptors (Lipinski definition) is 5. The summed E-state index contributed by atoms with van der Waals surface area (Å²) in [6.07, 6.45) is 1.78. The first kappa shape index (κ1) is 13.3. The zero-order chi connectivity index (χ0) is 14.1. The van der Waals surface area contributed by atoms with Gasteiger partial charge in [0, 0.05) is 6.20 Å². The normalized spacial score (nSPS) is 10.8. The monoisotopic (exact) mass is 349 g/mol. The van der Waals surface area contributed by atoms with E-state index in [0.717, 1.165) is 37.0 Å². The van der Waals surface area contributed by atoms with Crippen LogP contribution in [0.5, 0.6) is 5.75 Å². The summed E-state index contributed by atoms with van der Waals surface area (Å²) in [4.78, 5) is 8.87. The lowest BCUT2D eigenvalue weighted by Gasteiger charge is -2.05. The molecule has 0 saturated heterocycles. The second-order valence-corrected chi connectivity index (χ2v) is 6.09. The number of benzene rings is 1. The number of pyridine rings is 1. The number of anilines is 2. The Bertz CT molecular complexity index is 772. The highest BCUT2D eigenvalue weighted by molar-refractivity contribution is 9.10. The molecule has 0 atom stereocenters. The second kappa shape index (κ2) is 5.38. The van der Waals surface area contributed by atoms with Gasteiger partial charge < -0.3 is 10.1 Å². The summed E-state index contributed by atoms with van der Waals surface area (Å²) >= 11 is 5.11. The molecule has 102 valence electrons. The Kier molecular flexibility index (Phi) is 3.58. The summed E-state index contributed by atoms with van der Waals surface area (Å²) in [5.74, 6) is 1.61. The molecule has 6 heteroatoms. The Labute approximate surface area is 129 Å². The van der Waals surface area contributed by atoms with E-state index in [0.29, 0.717) is 0 Å². The van der Waals surface area contributed by atoms with E-state index >= 15 is 0 Å². The van der Waals surface area contributed by atoms with Crippen LogP contribution in [-0.2, 0) is 0 Å². The smallest absolute Gasteiger partial charge is 0.189 e. The van der Waals surface area contributed by atoms with Crippen molar-refractivity contribution in [1.82, 2.24) is 9.97 Å². The quantitative estimate of drug-likeness (QED) is 0.755. The molecule has 4 nitrogen and oxygen atoms in total. The molecule has 0 unspecified atom stereocenters. The molecule has 0 bridgehead atoms. The fraction of sp³-hybridized carbons (Fsp3) is 0.143. The highest BCUT2D eigenvalue weighted by Crippen LogP contribution is 2.32. The predicted octanol–water partition coefficient (Wildman–Crippen LogP) is 4.51. The van der Waals surface area contributed by atoms with Gasteiger partial charge in [0.05, 0.1) is 21.8 Å². The van der Waals surface area contributed by atoms with Crippen molar-refractivity contribution < 1.29 is 4.74 Å². The van der Waals surface area contributed by atoms with Crippen LogP contribution in [0.2, 0.25) is 0 Å². The second-order valence-electron chi connectivity index (χ2n) is 4.27. The van der Waals surface area contributed by atoms with Gasteiger partial charge >= 0.3 is 0 Å². The maximum absolute atomic E-state index is 5.22. The maximum Gasteiger partial charge on any atom is 0.189 e. The van der Waals surface area contributed by atoms with Crippen LogP contribution in [0.3, 0.4) is 0 Å². The van der Waals surface area contributed by atoms with E-state index in [1.165, 1.54) is 0 Å². The summed E-state index contributed by atoms with van der Waals surface area (Å²) in [6, 6.07) is 7.80.